The number of rotatable bonds is 4. The Morgan fingerprint density at radius 3 is 3.04 bits per heavy atom. The summed E-state index contributed by atoms with van der Waals surface area (Å²) in [4.78, 5) is 21.1. The van der Waals surface area contributed by atoms with Crippen LogP contribution in [0.4, 0.5) is 5.69 Å². The van der Waals surface area contributed by atoms with E-state index in [2.05, 4.69) is 20.4 Å². The second-order valence-corrected chi connectivity index (χ2v) is 7.84. The molecular weight excluding hydrogens is 354 g/mol. The second kappa shape index (κ2) is 6.45. The second-order valence-electron chi connectivity index (χ2n) is 5.59. The van der Waals surface area contributed by atoms with Gasteiger partial charge in [-0.1, -0.05) is 23.9 Å². The number of aryl methyl sites for hydroxylation is 2. The third-order valence-corrected chi connectivity index (χ3v) is 5.93. The number of benzene rings is 1. The van der Waals surface area contributed by atoms with Crippen molar-refractivity contribution in [2.75, 3.05) is 11.1 Å². The number of para-hydroxylation sites is 1. The number of anilines is 1. The summed E-state index contributed by atoms with van der Waals surface area (Å²) in [6, 6.07) is 9.88. The van der Waals surface area contributed by atoms with Crippen LogP contribution in [0, 0.1) is 6.92 Å². The topological polar surface area (TPSA) is 72.7 Å². The molecule has 0 aliphatic heterocycles. The van der Waals surface area contributed by atoms with E-state index in [0.717, 1.165) is 31.3 Å². The highest BCUT2D eigenvalue weighted by Crippen LogP contribution is 2.29. The van der Waals surface area contributed by atoms with Gasteiger partial charge in [0.15, 0.2) is 9.99 Å². The van der Waals surface area contributed by atoms with E-state index >= 15 is 0 Å². The van der Waals surface area contributed by atoms with Crippen LogP contribution in [0.3, 0.4) is 0 Å². The van der Waals surface area contributed by atoms with Crippen molar-refractivity contribution in [2.24, 2.45) is 7.05 Å². The van der Waals surface area contributed by atoms with Crippen molar-refractivity contribution < 1.29 is 4.79 Å². The number of thiazole rings is 1. The summed E-state index contributed by atoms with van der Waals surface area (Å²) in [6.45, 7) is 1.93. The molecule has 3 heterocycles. The van der Waals surface area contributed by atoms with Crippen LogP contribution < -0.4 is 5.32 Å². The van der Waals surface area contributed by atoms with Crippen LogP contribution in [0.1, 0.15) is 5.69 Å². The molecule has 4 aromatic rings. The van der Waals surface area contributed by atoms with E-state index in [9.17, 15) is 4.79 Å². The zero-order valence-electron chi connectivity index (χ0n) is 13.7. The van der Waals surface area contributed by atoms with E-state index in [1.165, 1.54) is 11.8 Å². The first-order valence-electron chi connectivity index (χ1n) is 7.68. The number of carbonyl (C=O) groups excluding carboxylic acids is 1. The molecule has 0 atom stereocenters. The molecule has 0 spiro atoms. The van der Waals surface area contributed by atoms with Crippen molar-refractivity contribution in [3.8, 4) is 0 Å². The van der Waals surface area contributed by atoms with Crippen LogP contribution in [0.5, 0.6) is 0 Å². The predicted molar refractivity (Wildman–Crippen MR) is 102 cm³/mol. The molecule has 0 saturated heterocycles. The van der Waals surface area contributed by atoms with Crippen LogP contribution in [0.2, 0.25) is 0 Å². The first-order chi connectivity index (χ1) is 12.1. The van der Waals surface area contributed by atoms with Gasteiger partial charge < -0.3 is 5.32 Å². The van der Waals surface area contributed by atoms with Gasteiger partial charge >= 0.3 is 0 Å². The number of hydrogen-bond donors (Lipinski definition) is 1. The van der Waals surface area contributed by atoms with Crippen LogP contribution in [0.15, 0.2) is 40.9 Å². The van der Waals surface area contributed by atoms with Gasteiger partial charge in [-0.2, -0.15) is 5.10 Å². The summed E-state index contributed by atoms with van der Waals surface area (Å²) < 4.78 is 3.76. The van der Waals surface area contributed by atoms with Crippen LogP contribution in [-0.2, 0) is 11.8 Å². The molecule has 8 heteroatoms. The van der Waals surface area contributed by atoms with Crippen LogP contribution >= 0.6 is 23.1 Å². The maximum Gasteiger partial charge on any atom is 0.234 e. The van der Waals surface area contributed by atoms with Gasteiger partial charge in [0.1, 0.15) is 0 Å². The molecule has 0 aliphatic rings. The summed E-state index contributed by atoms with van der Waals surface area (Å²) in [5.41, 5.74) is 3.35. The summed E-state index contributed by atoms with van der Waals surface area (Å²) in [5, 5.41) is 8.17. The maximum absolute atomic E-state index is 12.2. The predicted octanol–water partition coefficient (Wildman–Crippen LogP) is 3.62. The zero-order valence-corrected chi connectivity index (χ0v) is 15.3. The van der Waals surface area contributed by atoms with Crippen molar-refractivity contribution in [1.29, 1.82) is 0 Å². The normalized spacial score (nSPS) is 11.3. The van der Waals surface area contributed by atoms with E-state index in [0.29, 0.717) is 11.4 Å². The van der Waals surface area contributed by atoms with Crippen LogP contribution in [-0.4, -0.2) is 31.4 Å². The Balaban J connectivity index is 1.44. The van der Waals surface area contributed by atoms with Gasteiger partial charge in [-0.15, -0.1) is 11.3 Å². The lowest BCUT2D eigenvalue weighted by molar-refractivity contribution is -0.113. The minimum Gasteiger partial charge on any atom is -0.324 e. The zero-order chi connectivity index (χ0) is 17.4. The van der Waals surface area contributed by atoms with Gasteiger partial charge in [0.2, 0.25) is 5.91 Å². The van der Waals surface area contributed by atoms with E-state index in [1.807, 2.05) is 44.3 Å². The molecular formula is C17H15N5OS2. The Kier molecular flexibility index (Phi) is 4.14. The maximum atomic E-state index is 12.2. The van der Waals surface area contributed by atoms with Crippen molar-refractivity contribution in [3.63, 3.8) is 0 Å². The molecule has 0 fully saturated rings. The Labute approximate surface area is 152 Å². The summed E-state index contributed by atoms with van der Waals surface area (Å²) in [5.74, 6) is 0.233. The number of nitrogens with zero attached hydrogens (tertiary/aromatic N) is 4. The molecule has 4 rings (SSSR count). The van der Waals surface area contributed by atoms with E-state index < -0.39 is 0 Å². The number of amides is 1. The first kappa shape index (κ1) is 16.0. The molecule has 0 radical (unpaired) electrons. The molecule has 0 unspecified atom stereocenters. The number of nitrogens with one attached hydrogen (secondary N) is 1. The number of fused-ring (bicyclic) bond motifs is 2. The van der Waals surface area contributed by atoms with Gasteiger partial charge in [-0.25, -0.2) is 9.97 Å². The Morgan fingerprint density at radius 1 is 1.36 bits per heavy atom. The monoisotopic (exact) mass is 369 g/mol. The van der Waals surface area contributed by atoms with E-state index in [-0.39, 0.29) is 5.91 Å². The summed E-state index contributed by atoms with van der Waals surface area (Å²) >= 11 is 3.04. The highest BCUT2D eigenvalue weighted by molar-refractivity contribution is 8.01. The number of hydrogen-bond acceptors (Lipinski definition) is 6. The van der Waals surface area contributed by atoms with Crippen molar-refractivity contribution in [3.05, 3.63) is 42.2 Å². The highest BCUT2D eigenvalue weighted by Gasteiger charge is 2.11. The Bertz CT molecular complexity index is 1050. The number of aromatic nitrogens is 4. The lowest BCUT2D eigenvalue weighted by Gasteiger charge is -2.04. The molecule has 1 aromatic carbocycles. The van der Waals surface area contributed by atoms with Gasteiger partial charge in [-0.3, -0.25) is 9.48 Å². The molecule has 6 nitrogen and oxygen atoms in total. The molecule has 1 N–H and O–H groups in total. The molecule has 1 amide bonds. The SMILES string of the molecule is Cc1nn(C)c2ncc(NC(=O)CSc3nc4ccccc4s3)cc12. The third kappa shape index (κ3) is 3.22. The van der Waals surface area contributed by atoms with Gasteiger partial charge in [-0.05, 0) is 25.1 Å². The Hall–Kier alpha value is -2.45. The van der Waals surface area contributed by atoms with Gasteiger partial charge in [0.05, 0.1) is 33.5 Å². The number of carbonyl (C=O) groups is 1. The lowest BCUT2D eigenvalue weighted by atomic mass is 10.2. The van der Waals surface area contributed by atoms with E-state index in [4.69, 9.17) is 0 Å². The summed E-state index contributed by atoms with van der Waals surface area (Å²) in [6.07, 6.45) is 1.66. The fraction of sp³-hybridized carbons (Fsp3) is 0.176. The standard InChI is InChI=1S/C17H15N5OS2/c1-10-12-7-11(8-18-16(12)22(2)21-10)19-15(23)9-24-17-20-13-5-3-4-6-14(13)25-17/h3-8H,9H2,1-2H3,(H,19,23). The molecule has 0 bridgehead atoms. The fourth-order valence-corrected chi connectivity index (χ4v) is 4.48. The average molecular weight is 369 g/mol. The minimum atomic E-state index is -0.0769. The number of pyridine rings is 1. The van der Waals surface area contributed by atoms with E-state index in [1.54, 1.807) is 22.2 Å². The Morgan fingerprint density at radius 2 is 2.20 bits per heavy atom. The first-order valence-corrected chi connectivity index (χ1v) is 9.48. The molecule has 25 heavy (non-hydrogen) atoms. The van der Waals surface area contributed by atoms with Crippen LogP contribution in [0.25, 0.3) is 21.3 Å². The largest absolute Gasteiger partial charge is 0.324 e. The highest BCUT2D eigenvalue weighted by atomic mass is 32.2. The summed E-state index contributed by atoms with van der Waals surface area (Å²) in [7, 11) is 1.86. The third-order valence-electron chi connectivity index (χ3n) is 3.75. The lowest BCUT2D eigenvalue weighted by Crippen LogP contribution is -2.14. The number of thioether (sulfide) groups is 1. The van der Waals surface area contributed by atoms with Gasteiger partial charge in [0.25, 0.3) is 0 Å². The van der Waals surface area contributed by atoms with Crippen molar-refractivity contribution in [1.82, 2.24) is 19.7 Å². The molecule has 0 aliphatic carbocycles. The molecule has 3 aromatic heterocycles. The quantitative estimate of drug-likeness (QED) is 0.556. The molecule has 0 saturated carbocycles. The molecule has 126 valence electrons. The smallest absolute Gasteiger partial charge is 0.234 e. The minimum absolute atomic E-state index is 0.0769. The van der Waals surface area contributed by atoms with Gasteiger partial charge in [0, 0.05) is 12.4 Å². The van der Waals surface area contributed by atoms with Crippen molar-refractivity contribution >= 4 is 55.9 Å². The van der Waals surface area contributed by atoms with Crippen molar-refractivity contribution in [2.45, 2.75) is 11.3 Å². The average Bonchev–Trinajstić information content (AvgIpc) is 3.14. The fourth-order valence-electron chi connectivity index (χ4n) is 2.61.